The highest BCUT2D eigenvalue weighted by atomic mass is 79.9. The molecule has 0 aliphatic heterocycles. The topological polar surface area (TPSA) is 12.0 Å². The molecule has 1 nitrogen and oxygen atoms in total. The number of nitrogens with one attached hydrogen (secondary N) is 1. The molecule has 1 fully saturated rings. The Balaban J connectivity index is 2.01. The average Bonchev–Trinajstić information content (AvgIpc) is 2.70. The van der Waals surface area contributed by atoms with Gasteiger partial charge in [0.05, 0.1) is 0 Å². The maximum atomic E-state index is 3.65. The minimum absolute atomic E-state index is 0.867. The Kier molecular flexibility index (Phi) is 4.42. The van der Waals surface area contributed by atoms with Crippen LogP contribution in [0.1, 0.15) is 24.8 Å². The molecule has 16 heavy (non-hydrogen) atoms. The van der Waals surface area contributed by atoms with Crippen LogP contribution in [0.25, 0.3) is 0 Å². The standard InChI is InChI=1S/C14H20BrN/c1-16-10-13-7-4-6-11(13)9-12-5-2-3-8-14(12)15/h2-3,5,8,11,13,16H,4,6-7,9-10H2,1H3. The summed E-state index contributed by atoms with van der Waals surface area (Å²) in [5.41, 5.74) is 1.47. The highest BCUT2D eigenvalue weighted by Crippen LogP contribution is 2.35. The normalized spacial score (nSPS) is 24.9. The van der Waals surface area contributed by atoms with E-state index >= 15 is 0 Å². The lowest BCUT2D eigenvalue weighted by molar-refractivity contribution is 0.374. The molecule has 88 valence electrons. The predicted octanol–water partition coefficient (Wildman–Crippen LogP) is 3.63. The lowest BCUT2D eigenvalue weighted by Crippen LogP contribution is -2.23. The van der Waals surface area contributed by atoms with Gasteiger partial charge in [0, 0.05) is 4.47 Å². The second-order valence-corrected chi connectivity index (χ2v) is 5.66. The Morgan fingerprint density at radius 3 is 2.75 bits per heavy atom. The lowest BCUT2D eigenvalue weighted by atomic mass is 9.89. The molecule has 1 aliphatic carbocycles. The van der Waals surface area contributed by atoms with Crippen molar-refractivity contribution in [3.8, 4) is 0 Å². The van der Waals surface area contributed by atoms with Crippen LogP contribution in [0.3, 0.4) is 0 Å². The van der Waals surface area contributed by atoms with Gasteiger partial charge in [0.2, 0.25) is 0 Å². The summed E-state index contributed by atoms with van der Waals surface area (Å²) in [6.45, 7) is 1.18. The van der Waals surface area contributed by atoms with Crippen molar-refractivity contribution in [1.29, 1.82) is 0 Å². The minimum Gasteiger partial charge on any atom is -0.319 e. The fourth-order valence-electron chi connectivity index (χ4n) is 2.86. The fraction of sp³-hybridized carbons (Fsp3) is 0.571. The van der Waals surface area contributed by atoms with Crippen molar-refractivity contribution in [3.05, 3.63) is 34.3 Å². The van der Waals surface area contributed by atoms with E-state index in [0.29, 0.717) is 0 Å². The van der Waals surface area contributed by atoms with Crippen LogP contribution in [0, 0.1) is 11.8 Å². The van der Waals surface area contributed by atoms with Crippen LogP contribution in [0.5, 0.6) is 0 Å². The number of rotatable bonds is 4. The van der Waals surface area contributed by atoms with Gasteiger partial charge in [-0.1, -0.05) is 40.5 Å². The van der Waals surface area contributed by atoms with Gasteiger partial charge in [-0.3, -0.25) is 0 Å². The maximum absolute atomic E-state index is 3.65. The minimum atomic E-state index is 0.867. The number of halogens is 1. The molecule has 2 rings (SSSR count). The van der Waals surface area contributed by atoms with Crippen molar-refractivity contribution in [2.45, 2.75) is 25.7 Å². The van der Waals surface area contributed by atoms with Crippen LogP contribution in [0.4, 0.5) is 0 Å². The summed E-state index contributed by atoms with van der Waals surface area (Å²) in [7, 11) is 2.06. The molecule has 2 unspecified atom stereocenters. The molecule has 0 bridgehead atoms. The summed E-state index contributed by atoms with van der Waals surface area (Å²) in [5, 5.41) is 3.33. The van der Waals surface area contributed by atoms with Crippen LogP contribution in [-0.4, -0.2) is 13.6 Å². The van der Waals surface area contributed by atoms with E-state index < -0.39 is 0 Å². The van der Waals surface area contributed by atoms with E-state index in [1.165, 1.54) is 42.3 Å². The summed E-state index contributed by atoms with van der Waals surface area (Å²) in [5.74, 6) is 1.74. The fourth-order valence-corrected chi connectivity index (χ4v) is 3.31. The molecule has 0 heterocycles. The Labute approximate surface area is 107 Å². The Hall–Kier alpha value is -0.340. The quantitative estimate of drug-likeness (QED) is 0.889. The second kappa shape index (κ2) is 5.83. The average molecular weight is 282 g/mol. The first-order valence-electron chi connectivity index (χ1n) is 6.19. The van der Waals surface area contributed by atoms with Crippen LogP contribution in [0.2, 0.25) is 0 Å². The molecule has 2 atom stereocenters. The Morgan fingerprint density at radius 2 is 2.00 bits per heavy atom. The van der Waals surface area contributed by atoms with Crippen molar-refractivity contribution < 1.29 is 0 Å². The first kappa shape index (κ1) is 12.1. The zero-order valence-corrected chi connectivity index (χ0v) is 11.5. The number of hydrogen-bond acceptors (Lipinski definition) is 1. The van der Waals surface area contributed by atoms with Gasteiger partial charge in [-0.25, -0.2) is 0 Å². The molecule has 2 heteroatoms. The van der Waals surface area contributed by atoms with E-state index in [9.17, 15) is 0 Å². The second-order valence-electron chi connectivity index (χ2n) is 4.80. The molecule has 0 aromatic heterocycles. The zero-order chi connectivity index (χ0) is 11.4. The number of benzene rings is 1. The Bertz CT molecular complexity index is 337. The number of hydrogen-bond donors (Lipinski definition) is 1. The largest absolute Gasteiger partial charge is 0.319 e. The van der Waals surface area contributed by atoms with Gasteiger partial charge in [0.25, 0.3) is 0 Å². The molecule has 1 aliphatic rings. The van der Waals surface area contributed by atoms with Gasteiger partial charge in [-0.2, -0.15) is 0 Å². The third-order valence-corrected chi connectivity index (χ3v) is 4.50. The summed E-state index contributed by atoms with van der Waals surface area (Å²) in [4.78, 5) is 0. The highest BCUT2D eigenvalue weighted by Gasteiger charge is 2.26. The van der Waals surface area contributed by atoms with Crippen LogP contribution >= 0.6 is 15.9 Å². The third kappa shape index (κ3) is 2.86. The van der Waals surface area contributed by atoms with Crippen molar-refractivity contribution in [2.24, 2.45) is 11.8 Å². The maximum Gasteiger partial charge on any atom is 0.0207 e. The van der Waals surface area contributed by atoms with Crippen molar-refractivity contribution in [2.75, 3.05) is 13.6 Å². The van der Waals surface area contributed by atoms with Crippen molar-refractivity contribution in [3.63, 3.8) is 0 Å². The molecular formula is C14H20BrN. The molecule has 1 aromatic rings. The monoisotopic (exact) mass is 281 g/mol. The van der Waals surface area contributed by atoms with E-state index in [1.807, 2.05) is 0 Å². The van der Waals surface area contributed by atoms with Gasteiger partial charge < -0.3 is 5.32 Å². The van der Waals surface area contributed by atoms with Crippen LogP contribution < -0.4 is 5.32 Å². The van der Waals surface area contributed by atoms with Crippen LogP contribution in [-0.2, 0) is 6.42 Å². The van der Waals surface area contributed by atoms with E-state index in [2.05, 4.69) is 52.6 Å². The molecule has 0 amide bonds. The lowest BCUT2D eigenvalue weighted by Gasteiger charge is -2.19. The van der Waals surface area contributed by atoms with E-state index in [0.717, 1.165) is 11.8 Å². The summed E-state index contributed by atoms with van der Waals surface area (Å²) < 4.78 is 1.27. The third-order valence-electron chi connectivity index (χ3n) is 3.72. The van der Waals surface area contributed by atoms with Crippen molar-refractivity contribution in [1.82, 2.24) is 5.32 Å². The van der Waals surface area contributed by atoms with E-state index in [-0.39, 0.29) is 0 Å². The van der Waals surface area contributed by atoms with E-state index in [1.54, 1.807) is 0 Å². The molecule has 0 radical (unpaired) electrons. The zero-order valence-electron chi connectivity index (χ0n) is 9.88. The smallest absolute Gasteiger partial charge is 0.0207 e. The van der Waals surface area contributed by atoms with Gasteiger partial charge >= 0.3 is 0 Å². The molecule has 0 spiro atoms. The molecule has 1 saturated carbocycles. The summed E-state index contributed by atoms with van der Waals surface area (Å²) in [6.07, 6.45) is 5.43. The molecule has 0 saturated heterocycles. The Morgan fingerprint density at radius 1 is 1.25 bits per heavy atom. The molecular weight excluding hydrogens is 262 g/mol. The van der Waals surface area contributed by atoms with Gasteiger partial charge in [-0.05, 0) is 56.3 Å². The molecule has 1 N–H and O–H groups in total. The first-order chi connectivity index (χ1) is 7.81. The van der Waals surface area contributed by atoms with E-state index in [4.69, 9.17) is 0 Å². The van der Waals surface area contributed by atoms with Gasteiger partial charge in [0.1, 0.15) is 0 Å². The van der Waals surface area contributed by atoms with Crippen molar-refractivity contribution >= 4 is 15.9 Å². The predicted molar refractivity (Wildman–Crippen MR) is 72.6 cm³/mol. The summed E-state index contributed by atoms with van der Waals surface area (Å²) in [6, 6.07) is 8.63. The van der Waals surface area contributed by atoms with Gasteiger partial charge in [0.15, 0.2) is 0 Å². The molecule has 1 aromatic carbocycles. The first-order valence-corrected chi connectivity index (χ1v) is 6.98. The highest BCUT2D eigenvalue weighted by molar-refractivity contribution is 9.10. The van der Waals surface area contributed by atoms with Gasteiger partial charge in [-0.15, -0.1) is 0 Å². The summed E-state index contributed by atoms with van der Waals surface area (Å²) >= 11 is 3.65. The van der Waals surface area contributed by atoms with Crippen LogP contribution in [0.15, 0.2) is 28.7 Å². The SMILES string of the molecule is CNCC1CCCC1Cc1ccccc1Br.